The zero-order valence-electron chi connectivity index (χ0n) is 17.1. The van der Waals surface area contributed by atoms with Crippen LogP contribution in [-0.2, 0) is 23.6 Å². The Kier molecular flexibility index (Phi) is 7.55. The van der Waals surface area contributed by atoms with Crippen molar-refractivity contribution in [2.24, 2.45) is 0 Å². The lowest BCUT2D eigenvalue weighted by Gasteiger charge is -2.22. The van der Waals surface area contributed by atoms with E-state index < -0.39 is 17.3 Å². The molecule has 162 valence electrons. The lowest BCUT2D eigenvalue weighted by atomic mass is 10.2. The van der Waals surface area contributed by atoms with Crippen molar-refractivity contribution in [2.45, 2.75) is 11.8 Å². The van der Waals surface area contributed by atoms with Crippen LogP contribution in [0, 0.1) is 6.92 Å². The smallest absolute Gasteiger partial charge is 0.339 e. The molecule has 0 bridgehead atoms. The van der Waals surface area contributed by atoms with Crippen molar-refractivity contribution in [2.75, 3.05) is 13.7 Å². The van der Waals surface area contributed by atoms with Gasteiger partial charge in [0.15, 0.2) is 12.9 Å². The fourth-order valence-corrected chi connectivity index (χ4v) is 7.91. The quantitative estimate of drug-likeness (QED) is 0.239. The first-order chi connectivity index (χ1) is 14.8. The number of aryl methyl sites for hydroxylation is 1. The topological polar surface area (TPSA) is 69.7 Å². The fourth-order valence-electron chi connectivity index (χ4n) is 2.96. The first kappa shape index (κ1) is 23.5. The van der Waals surface area contributed by atoms with E-state index in [4.69, 9.17) is 8.92 Å². The van der Waals surface area contributed by atoms with Gasteiger partial charge in [0.25, 0.3) is 0 Å². The number of methoxy groups -OCH3 is 1. The molecule has 0 unspecified atom stereocenters. The van der Waals surface area contributed by atoms with Crippen LogP contribution >= 0.6 is 23.1 Å². The molecule has 0 atom stereocenters. The molecule has 0 aromatic heterocycles. The van der Waals surface area contributed by atoms with Gasteiger partial charge >= 0.3 is 10.1 Å². The molecule has 8 heteroatoms. The summed E-state index contributed by atoms with van der Waals surface area (Å²) in [5, 5.41) is 1.08. The van der Waals surface area contributed by atoms with Crippen LogP contribution in [0.15, 0.2) is 99.8 Å². The van der Waals surface area contributed by atoms with Crippen LogP contribution in [-0.4, -0.2) is 22.1 Å². The molecule has 0 aliphatic carbocycles. The minimum absolute atomic E-state index is 0.00116. The van der Waals surface area contributed by atoms with E-state index in [0.29, 0.717) is 10.6 Å². The van der Waals surface area contributed by atoms with Crippen LogP contribution in [0.2, 0.25) is 0 Å². The number of ether oxygens (including phenoxy) is 1. The summed E-state index contributed by atoms with van der Waals surface area (Å²) in [6.07, 6.45) is 0. The highest BCUT2D eigenvalue weighted by Gasteiger charge is 2.35. The second kappa shape index (κ2) is 9.96. The molecule has 0 aliphatic heterocycles. The van der Waals surface area contributed by atoms with Crippen LogP contribution in [0.5, 0.6) is 0 Å². The van der Waals surface area contributed by atoms with Gasteiger partial charge in [-0.25, -0.2) is 0 Å². The maximum absolute atomic E-state index is 14.5. The van der Waals surface area contributed by atoms with Gasteiger partial charge in [0.2, 0.25) is 0 Å². The molecule has 0 saturated carbocycles. The van der Waals surface area contributed by atoms with Crippen LogP contribution in [0.25, 0.3) is 0 Å². The Morgan fingerprint density at radius 2 is 1.35 bits per heavy atom. The first-order valence-corrected chi connectivity index (χ1v) is 13.3. The van der Waals surface area contributed by atoms with Crippen LogP contribution in [0.4, 0.5) is 0 Å². The van der Waals surface area contributed by atoms with Crippen LogP contribution in [0.1, 0.15) is 5.56 Å². The summed E-state index contributed by atoms with van der Waals surface area (Å²) >= 11 is 3.43. The van der Waals surface area contributed by atoms with Gasteiger partial charge in [-0.2, -0.15) is 8.42 Å². The zero-order chi connectivity index (χ0) is 22.5. The second-order valence-electron chi connectivity index (χ2n) is 6.78. The Balaban J connectivity index is 2.17. The summed E-state index contributed by atoms with van der Waals surface area (Å²) < 4.78 is 51.1. The Bertz CT molecular complexity index is 1160. The standard InChI is InChI=1S/C23H22BrO5PS/c1-18-13-15-21(16-14-18)31(26,27)29-22(17-28-2)23(24)30(25,19-9-5-3-6-10-19)20-11-7-4-8-12-20/h3-16H,17H2,1-2H3/b23-22-. The minimum atomic E-state index is -4.16. The molecule has 0 spiro atoms. The third-order valence-electron chi connectivity index (χ3n) is 4.54. The summed E-state index contributed by atoms with van der Waals surface area (Å²) in [7, 11) is -6.20. The maximum atomic E-state index is 14.5. The number of halogens is 1. The number of hydrogen-bond acceptors (Lipinski definition) is 5. The molecule has 0 saturated heterocycles. The minimum Gasteiger partial charge on any atom is -0.380 e. The summed E-state index contributed by atoms with van der Waals surface area (Å²) in [4.78, 5) is 0.00116. The van der Waals surface area contributed by atoms with Crippen molar-refractivity contribution >= 4 is 43.8 Å². The Hall–Kier alpha value is -2.18. The van der Waals surface area contributed by atoms with Crippen LogP contribution in [0.3, 0.4) is 0 Å². The Morgan fingerprint density at radius 3 is 1.81 bits per heavy atom. The molecule has 0 radical (unpaired) electrons. The molecule has 0 N–H and O–H groups in total. The zero-order valence-corrected chi connectivity index (χ0v) is 20.4. The van der Waals surface area contributed by atoms with Crippen molar-refractivity contribution in [3.05, 3.63) is 100 Å². The maximum Gasteiger partial charge on any atom is 0.339 e. The highest BCUT2D eigenvalue weighted by atomic mass is 79.9. The number of hydrogen-bond donors (Lipinski definition) is 0. The Labute approximate surface area is 191 Å². The van der Waals surface area contributed by atoms with E-state index in [9.17, 15) is 13.0 Å². The van der Waals surface area contributed by atoms with Crippen LogP contribution < -0.4 is 10.6 Å². The van der Waals surface area contributed by atoms with E-state index in [0.717, 1.165) is 5.56 Å². The van der Waals surface area contributed by atoms with Gasteiger partial charge in [0.05, 0.1) is 0 Å². The van der Waals surface area contributed by atoms with E-state index in [1.807, 2.05) is 19.1 Å². The molecule has 0 aliphatic rings. The molecular formula is C23H22BrO5PS. The average Bonchev–Trinajstić information content (AvgIpc) is 2.79. The number of rotatable bonds is 8. The summed E-state index contributed by atoms with van der Waals surface area (Å²) in [6, 6.07) is 24.1. The molecule has 0 amide bonds. The summed E-state index contributed by atoms with van der Waals surface area (Å²) in [5.41, 5.74) is 0.922. The third-order valence-corrected chi connectivity index (χ3v) is 10.6. The second-order valence-corrected chi connectivity index (χ2v) is 12.4. The van der Waals surface area contributed by atoms with E-state index in [2.05, 4.69) is 15.9 Å². The summed E-state index contributed by atoms with van der Waals surface area (Å²) in [5.74, 6) is -0.0703. The van der Waals surface area contributed by atoms with E-state index in [1.165, 1.54) is 19.2 Å². The monoisotopic (exact) mass is 520 g/mol. The van der Waals surface area contributed by atoms with Gasteiger partial charge in [0.1, 0.15) is 15.7 Å². The molecule has 0 heterocycles. The van der Waals surface area contributed by atoms with Gasteiger partial charge in [-0.05, 0) is 35.0 Å². The predicted molar refractivity (Wildman–Crippen MR) is 127 cm³/mol. The van der Waals surface area contributed by atoms with Crippen molar-refractivity contribution < 1.29 is 21.9 Å². The Morgan fingerprint density at radius 1 is 0.871 bits per heavy atom. The largest absolute Gasteiger partial charge is 0.380 e. The van der Waals surface area contributed by atoms with Gasteiger partial charge in [-0.3, -0.25) is 0 Å². The molecule has 31 heavy (non-hydrogen) atoms. The van der Waals surface area contributed by atoms with Gasteiger partial charge in [-0.15, -0.1) is 0 Å². The molecular weight excluding hydrogens is 499 g/mol. The average molecular weight is 521 g/mol. The van der Waals surface area contributed by atoms with Gasteiger partial charge in [-0.1, -0.05) is 78.4 Å². The van der Waals surface area contributed by atoms with Gasteiger partial charge < -0.3 is 13.5 Å². The lowest BCUT2D eigenvalue weighted by molar-refractivity contribution is 0.190. The molecule has 5 nitrogen and oxygen atoms in total. The highest BCUT2D eigenvalue weighted by Crippen LogP contribution is 2.56. The third kappa shape index (κ3) is 5.18. The summed E-state index contributed by atoms with van der Waals surface area (Å²) in [6.45, 7) is 1.68. The molecule has 3 rings (SSSR count). The SMILES string of the molecule is COC/C(OS(=O)(=O)c1ccc(C)cc1)=C(\Br)P(=O)(c1ccccc1)c1ccccc1. The fraction of sp³-hybridized carbons (Fsp3) is 0.130. The van der Waals surface area contributed by atoms with Crippen molar-refractivity contribution in [3.8, 4) is 0 Å². The highest BCUT2D eigenvalue weighted by molar-refractivity contribution is 9.13. The van der Waals surface area contributed by atoms with Crippen molar-refractivity contribution in [3.63, 3.8) is 0 Å². The molecule has 0 fully saturated rings. The van der Waals surface area contributed by atoms with Gasteiger partial charge in [0, 0.05) is 17.7 Å². The normalized spacial score (nSPS) is 12.9. The van der Waals surface area contributed by atoms with Crippen molar-refractivity contribution in [1.82, 2.24) is 0 Å². The first-order valence-electron chi connectivity index (χ1n) is 9.39. The van der Waals surface area contributed by atoms with Crippen molar-refractivity contribution in [1.29, 1.82) is 0 Å². The van der Waals surface area contributed by atoms with E-state index in [1.54, 1.807) is 60.7 Å². The lowest BCUT2D eigenvalue weighted by Crippen LogP contribution is -2.19. The predicted octanol–water partition coefficient (Wildman–Crippen LogP) is 4.92. The molecule has 3 aromatic carbocycles. The van der Waals surface area contributed by atoms with E-state index in [-0.39, 0.29) is 21.5 Å². The number of benzene rings is 3. The molecule has 3 aromatic rings. The van der Waals surface area contributed by atoms with E-state index >= 15 is 0 Å².